The molecule has 0 heterocycles. The smallest absolute Gasteiger partial charge is 0.227 e. The molecular formula is C13H24N2O. The lowest BCUT2D eigenvalue weighted by Crippen LogP contribution is -2.48. The molecule has 0 saturated heterocycles. The Kier molecular flexibility index (Phi) is 5.00. The highest BCUT2D eigenvalue weighted by atomic mass is 16.2. The van der Waals surface area contributed by atoms with E-state index in [2.05, 4.69) is 18.8 Å². The normalized spacial score (nSPS) is 29.8. The van der Waals surface area contributed by atoms with Gasteiger partial charge in [-0.15, -0.1) is 6.58 Å². The van der Waals surface area contributed by atoms with Gasteiger partial charge in [-0.2, -0.15) is 0 Å². The van der Waals surface area contributed by atoms with Crippen LogP contribution in [0.3, 0.4) is 0 Å². The Labute approximate surface area is 98.5 Å². The van der Waals surface area contributed by atoms with Gasteiger partial charge in [-0.25, -0.2) is 0 Å². The molecular weight excluding hydrogens is 200 g/mol. The molecule has 0 aromatic rings. The minimum atomic E-state index is -0.298. The zero-order valence-corrected chi connectivity index (χ0v) is 10.3. The SMILES string of the molecule is C=CCCNC(=O)C1(CN)CCC(C)CC1. The van der Waals surface area contributed by atoms with Crippen LogP contribution in [-0.2, 0) is 4.79 Å². The predicted octanol–water partition coefficient (Wildman–Crippen LogP) is 1.83. The van der Waals surface area contributed by atoms with Crippen molar-refractivity contribution in [1.29, 1.82) is 0 Å². The van der Waals surface area contributed by atoms with Crippen LogP contribution in [0.1, 0.15) is 39.0 Å². The standard InChI is InChI=1S/C13H24N2O/c1-3-4-9-15-12(16)13(10-14)7-5-11(2)6-8-13/h3,11H,1,4-10,14H2,2H3,(H,15,16). The van der Waals surface area contributed by atoms with Crippen LogP contribution in [0.2, 0.25) is 0 Å². The van der Waals surface area contributed by atoms with Crippen molar-refractivity contribution >= 4 is 5.91 Å². The summed E-state index contributed by atoms with van der Waals surface area (Å²) in [6.45, 7) is 7.04. The summed E-state index contributed by atoms with van der Waals surface area (Å²) < 4.78 is 0. The molecule has 1 aliphatic rings. The highest BCUT2D eigenvalue weighted by Gasteiger charge is 2.39. The van der Waals surface area contributed by atoms with Crippen molar-refractivity contribution < 1.29 is 4.79 Å². The molecule has 0 radical (unpaired) electrons. The van der Waals surface area contributed by atoms with Crippen molar-refractivity contribution in [1.82, 2.24) is 5.32 Å². The van der Waals surface area contributed by atoms with Crippen LogP contribution < -0.4 is 11.1 Å². The van der Waals surface area contributed by atoms with Gasteiger partial charge in [0.05, 0.1) is 5.41 Å². The van der Waals surface area contributed by atoms with Crippen molar-refractivity contribution in [3.8, 4) is 0 Å². The summed E-state index contributed by atoms with van der Waals surface area (Å²) in [4.78, 5) is 12.1. The number of amides is 1. The van der Waals surface area contributed by atoms with Gasteiger partial charge in [0.2, 0.25) is 5.91 Å². The van der Waals surface area contributed by atoms with Crippen LogP contribution in [0.5, 0.6) is 0 Å². The molecule has 0 bridgehead atoms. The average molecular weight is 224 g/mol. The molecule has 1 amide bonds. The van der Waals surface area contributed by atoms with E-state index in [9.17, 15) is 4.79 Å². The summed E-state index contributed by atoms with van der Waals surface area (Å²) in [6.07, 6.45) is 6.74. The second-order valence-electron chi connectivity index (χ2n) is 5.00. The molecule has 1 fully saturated rings. The highest BCUT2D eigenvalue weighted by Crippen LogP contribution is 2.38. The van der Waals surface area contributed by atoms with Crippen molar-refractivity contribution in [3.63, 3.8) is 0 Å². The van der Waals surface area contributed by atoms with E-state index in [-0.39, 0.29) is 11.3 Å². The maximum absolute atomic E-state index is 12.1. The monoisotopic (exact) mass is 224 g/mol. The molecule has 3 nitrogen and oxygen atoms in total. The fourth-order valence-electron chi connectivity index (χ4n) is 2.31. The average Bonchev–Trinajstić information content (AvgIpc) is 2.31. The molecule has 1 rings (SSSR count). The fraction of sp³-hybridized carbons (Fsp3) is 0.769. The van der Waals surface area contributed by atoms with Gasteiger partial charge in [0.25, 0.3) is 0 Å². The molecule has 92 valence electrons. The Bertz CT molecular complexity index is 242. The lowest BCUT2D eigenvalue weighted by molar-refractivity contribution is -0.132. The Morgan fingerprint density at radius 3 is 2.69 bits per heavy atom. The highest BCUT2D eigenvalue weighted by molar-refractivity contribution is 5.83. The molecule has 0 unspecified atom stereocenters. The molecule has 0 spiro atoms. The number of carbonyl (C=O) groups is 1. The van der Waals surface area contributed by atoms with Crippen LogP contribution in [0.25, 0.3) is 0 Å². The van der Waals surface area contributed by atoms with E-state index in [4.69, 9.17) is 5.73 Å². The van der Waals surface area contributed by atoms with Gasteiger partial charge in [0.1, 0.15) is 0 Å². The van der Waals surface area contributed by atoms with Crippen molar-refractivity contribution in [2.75, 3.05) is 13.1 Å². The first kappa shape index (κ1) is 13.2. The van der Waals surface area contributed by atoms with Gasteiger partial charge in [0.15, 0.2) is 0 Å². The summed E-state index contributed by atoms with van der Waals surface area (Å²) in [7, 11) is 0. The lowest BCUT2D eigenvalue weighted by atomic mass is 9.70. The quantitative estimate of drug-likeness (QED) is 0.553. The molecule has 16 heavy (non-hydrogen) atoms. The maximum atomic E-state index is 12.1. The van der Waals surface area contributed by atoms with E-state index in [0.717, 1.165) is 38.0 Å². The molecule has 3 heteroatoms. The van der Waals surface area contributed by atoms with Crippen LogP contribution in [0.4, 0.5) is 0 Å². The summed E-state index contributed by atoms with van der Waals surface area (Å²) in [5, 5.41) is 2.97. The fourth-order valence-corrected chi connectivity index (χ4v) is 2.31. The van der Waals surface area contributed by atoms with Gasteiger partial charge < -0.3 is 11.1 Å². The zero-order chi connectivity index (χ0) is 12.0. The summed E-state index contributed by atoms with van der Waals surface area (Å²) in [6, 6.07) is 0. The number of nitrogens with one attached hydrogen (secondary N) is 1. The van der Waals surface area contributed by atoms with Crippen LogP contribution in [0.15, 0.2) is 12.7 Å². The number of nitrogens with two attached hydrogens (primary N) is 1. The summed E-state index contributed by atoms with van der Waals surface area (Å²) >= 11 is 0. The van der Waals surface area contributed by atoms with Crippen molar-refractivity contribution in [2.24, 2.45) is 17.1 Å². The third-order valence-electron chi connectivity index (χ3n) is 3.74. The molecule has 0 aliphatic heterocycles. The van der Waals surface area contributed by atoms with Gasteiger partial charge in [-0.3, -0.25) is 4.79 Å². The second kappa shape index (κ2) is 6.04. The van der Waals surface area contributed by atoms with E-state index < -0.39 is 0 Å². The Balaban J connectivity index is 2.51. The first-order valence-electron chi connectivity index (χ1n) is 6.24. The number of carbonyl (C=O) groups excluding carboxylic acids is 1. The predicted molar refractivity (Wildman–Crippen MR) is 66.9 cm³/mol. The lowest BCUT2D eigenvalue weighted by Gasteiger charge is -2.37. The van der Waals surface area contributed by atoms with Gasteiger partial charge in [-0.1, -0.05) is 13.0 Å². The summed E-state index contributed by atoms with van der Waals surface area (Å²) in [5.41, 5.74) is 5.51. The Morgan fingerprint density at radius 1 is 1.56 bits per heavy atom. The molecule has 0 aromatic heterocycles. The number of hydrogen-bond donors (Lipinski definition) is 2. The third kappa shape index (κ3) is 3.08. The minimum absolute atomic E-state index is 0.142. The Hall–Kier alpha value is -0.830. The second-order valence-corrected chi connectivity index (χ2v) is 5.00. The van der Waals surface area contributed by atoms with Gasteiger partial charge in [-0.05, 0) is 38.0 Å². The van der Waals surface area contributed by atoms with E-state index in [1.807, 2.05) is 6.08 Å². The molecule has 0 atom stereocenters. The van der Waals surface area contributed by atoms with E-state index >= 15 is 0 Å². The zero-order valence-electron chi connectivity index (χ0n) is 10.3. The van der Waals surface area contributed by atoms with E-state index in [1.165, 1.54) is 0 Å². The number of rotatable bonds is 5. The van der Waals surface area contributed by atoms with Gasteiger partial charge >= 0.3 is 0 Å². The first-order valence-corrected chi connectivity index (χ1v) is 6.24. The third-order valence-corrected chi connectivity index (χ3v) is 3.74. The number of hydrogen-bond acceptors (Lipinski definition) is 2. The molecule has 1 aliphatic carbocycles. The molecule has 0 aromatic carbocycles. The minimum Gasteiger partial charge on any atom is -0.355 e. The topological polar surface area (TPSA) is 55.1 Å². The van der Waals surface area contributed by atoms with E-state index in [1.54, 1.807) is 0 Å². The maximum Gasteiger partial charge on any atom is 0.227 e. The largest absolute Gasteiger partial charge is 0.355 e. The molecule has 1 saturated carbocycles. The van der Waals surface area contributed by atoms with Gasteiger partial charge in [0, 0.05) is 13.1 Å². The summed E-state index contributed by atoms with van der Waals surface area (Å²) in [5.74, 6) is 0.879. The van der Waals surface area contributed by atoms with Crippen LogP contribution in [0, 0.1) is 11.3 Å². The Morgan fingerprint density at radius 2 is 2.19 bits per heavy atom. The van der Waals surface area contributed by atoms with Crippen molar-refractivity contribution in [3.05, 3.63) is 12.7 Å². The van der Waals surface area contributed by atoms with Crippen LogP contribution >= 0.6 is 0 Å². The van der Waals surface area contributed by atoms with Crippen molar-refractivity contribution in [2.45, 2.75) is 39.0 Å². The van der Waals surface area contributed by atoms with E-state index in [0.29, 0.717) is 13.1 Å². The first-order chi connectivity index (χ1) is 7.64. The van der Waals surface area contributed by atoms with Crippen LogP contribution in [-0.4, -0.2) is 19.0 Å². The molecule has 3 N–H and O–H groups in total.